The highest BCUT2D eigenvalue weighted by Gasteiger charge is 2.22. The first-order valence-corrected chi connectivity index (χ1v) is 8.77. The number of carbonyl (C=O) groups is 2. The van der Waals surface area contributed by atoms with Crippen LogP contribution in [0.4, 0.5) is 0 Å². The average Bonchev–Trinajstić information content (AvgIpc) is 2.69. The molecule has 0 aliphatic rings. The molecule has 3 aromatic rings. The lowest BCUT2D eigenvalue weighted by Crippen LogP contribution is -2.18. The lowest BCUT2D eigenvalue weighted by molar-refractivity contribution is 0.0681. The number of rotatable bonds is 4. The fourth-order valence-electron chi connectivity index (χ4n) is 2.68. The minimum Gasteiger partial charge on any atom is -0.508 e. The Morgan fingerprint density at radius 1 is 0.586 bits per heavy atom. The molecule has 150 valence electrons. The molecule has 3 rings (SSSR count). The van der Waals surface area contributed by atoms with Gasteiger partial charge in [0.1, 0.15) is 11.5 Å². The molecule has 0 saturated heterocycles. The van der Waals surface area contributed by atoms with Crippen molar-refractivity contribution in [3.63, 3.8) is 0 Å². The minimum absolute atomic E-state index is 0.0833. The zero-order valence-electron chi connectivity index (χ0n) is 16.0. The molecular weight excluding hydrogens is 372 g/mol. The maximum Gasteiger partial charge on any atom is 0.335 e. The fraction of sp³-hybridized carbons (Fsp3) is 0.130. The number of carboxylic acid groups (broad SMARTS) is 2. The molecule has 0 fully saturated rings. The largest absolute Gasteiger partial charge is 0.508 e. The average molecular weight is 394 g/mol. The Balaban J connectivity index is 0.000000221. The van der Waals surface area contributed by atoms with E-state index in [0.29, 0.717) is 0 Å². The van der Waals surface area contributed by atoms with Crippen molar-refractivity contribution < 1.29 is 30.0 Å². The molecule has 0 aromatic heterocycles. The van der Waals surface area contributed by atoms with Gasteiger partial charge in [0.05, 0.1) is 11.1 Å². The molecule has 0 atom stereocenters. The van der Waals surface area contributed by atoms with Gasteiger partial charge >= 0.3 is 11.9 Å². The van der Waals surface area contributed by atoms with Gasteiger partial charge in [0.15, 0.2) is 0 Å². The van der Waals surface area contributed by atoms with Crippen molar-refractivity contribution in [2.45, 2.75) is 19.3 Å². The smallest absolute Gasteiger partial charge is 0.335 e. The number of hydrogen-bond acceptors (Lipinski definition) is 4. The first-order valence-electron chi connectivity index (χ1n) is 8.77. The number of aromatic hydroxyl groups is 2. The first-order chi connectivity index (χ1) is 13.6. The van der Waals surface area contributed by atoms with Crippen molar-refractivity contribution in [1.29, 1.82) is 0 Å². The third-order valence-corrected chi connectivity index (χ3v) is 4.56. The molecule has 29 heavy (non-hydrogen) atoms. The van der Waals surface area contributed by atoms with Crippen LogP contribution in [0.5, 0.6) is 11.5 Å². The second-order valence-corrected chi connectivity index (χ2v) is 6.91. The Bertz CT molecular complexity index is 891. The predicted octanol–water partition coefficient (Wildman–Crippen LogP) is 4.51. The molecule has 0 radical (unpaired) electrons. The molecule has 3 aromatic carbocycles. The predicted molar refractivity (Wildman–Crippen MR) is 109 cm³/mol. The number of benzene rings is 3. The number of phenolic OH excluding ortho intramolecular Hbond substituents is 2. The lowest BCUT2D eigenvalue weighted by atomic mass is 9.78. The molecule has 4 N–H and O–H groups in total. The molecular formula is C23H22O6. The summed E-state index contributed by atoms with van der Waals surface area (Å²) in [5.74, 6) is -1.58. The van der Waals surface area contributed by atoms with Crippen molar-refractivity contribution in [1.82, 2.24) is 0 Å². The third kappa shape index (κ3) is 5.59. The van der Waals surface area contributed by atoms with Crippen molar-refractivity contribution >= 4 is 11.9 Å². The van der Waals surface area contributed by atoms with E-state index in [4.69, 9.17) is 10.2 Å². The molecule has 0 heterocycles. The summed E-state index contributed by atoms with van der Waals surface area (Å²) < 4.78 is 0. The van der Waals surface area contributed by atoms with Crippen LogP contribution in [0.25, 0.3) is 0 Å². The van der Waals surface area contributed by atoms with E-state index in [1.165, 1.54) is 24.3 Å². The number of hydrogen-bond donors (Lipinski definition) is 4. The summed E-state index contributed by atoms with van der Waals surface area (Å²) in [7, 11) is 0. The van der Waals surface area contributed by atoms with Crippen LogP contribution in [0.1, 0.15) is 45.7 Å². The Hall–Kier alpha value is -3.80. The first kappa shape index (κ1) is 21.5. The molecule has 0 unspecified atom stereocenters. The molecule has 6 heteroatoms. The Kier molecular flexibility index (Phi) is 6.62. The van der Waals surface area contributed by atoms with E-state index < -0.39 is 11.9 Å². The molecule has 0 aliphatic carbocycles. The Labute approximate surface area is 168 Å². The van der Waals surface area contributed by atoms with Crippen molar-refractivity contribution in [3.05, 3.63) is 95.1 Å². The van der Waals surface area contributed by atoms with Gasteiger partial charge in [-0.25, -0.2) is 9.59 Å². The van der Waals surface area contributed by atoms with E-state index in [2.05, 4.69) is 13.8 Å². The van der Waals surface area contributed by atoms with Crippen molar-refractivity contribution in [2.24, 2.45) is 0 Å². The van der Waals surface area contributed by atoms with Crippen LogP contribution in [0.3, 0.4) is 0 Å². The van der Waals surface area contributed by atoms with Gasteiger partial charge in [-0.3, -0.25) is 0 Å². The van der Waals surface area contributed by atoms with E-state index in [9.17, 15) is 19.8 Å². The van der Waals surface area contributed by atoms with Crippen LogP contribution in [0.2, 0.25) is 0 Å². The van der Waals surface area contributed by atoms with Crippen LogP contribution < -0.4 is 0 Å². The number of carboxylic acids is 2. The highest BCUT2D eigenvalue weighted by Crippen LogP contribution is 2.32. The van der Waals surface area contributed by atoms with E-state index in [1.54, 1.807) is 24.3 Å². The van der Waals surface area contributed by atoms with E-state index in [0.717, 1.165) is 11.1 Å². The van der Waals surface area contributed by atoms with Crippen LogP contribution in [-0.2, 0) is 5.41 Å². The molecule has 0 saturated carbocycles. The minimum atomic E-state index is -1.06. The number of aromatic carboxylic acids is 2. The van der Waals surface area contributed by atoms with Gasteiger partial charge in [-0.15, -0.1) is 0 Å². The monoisotopic (exact) mass is 394 g/mol. The summed E-state index contributed by atoms with van der Waals surface area (Å²) >= 11 is 0. The molecule has 0 aliphatic heterocycles. The second kappa shape index (κ2) is 8.93. The topological polar surface area (TPSA) is 115 Å². The van der Waals surface area contributed by atoms with E-state index in [-0.39, 0.29) is 28.0 Å². The molecule has 0 spiro atoms. The van der Waals surface area contributed by atoms with Crippen LogP contribution >= 0.6 is 0 Å². The van der Waals surface area contributed by atoms with Gasteiger partial charge in [-0.05, 0) is 59.7 Å². The maximum atomic E-state index is 10.3. The lowest BCUT2D eigenvalue weighted by Gasteiger charge is -2.26. The summed E-state index contributed by atoms with van der Waals surface area (Å²) in [5.41, 5.74) is 2.27. The molecule has 0 bridgehead atoms. The van der Waals surface area contributed by atoms with Gasteiger partial charge in [-0.1, -0.05) is 38.1 Å². The SMILES string of the molecule is CC(C)(c1ccc(O)cc1)c1ccc(O)cc1.O=C(O)c1ccc(C(=O)O)cc1. The third-order valence-electron chi connectivity index (χ3n) is 4.56. The summed E-state index contributed by atoms with van der Waals surface area (Å²) in [6.45, 7) is 4.23. The quantitative estimate of drug-likeness (QED) is 0.518. The van der Waals surface area contributed by atoms with Crippen LogP contribution in [0.15, 0.2) is 72.8 Å². The zero-order chi connectivity index (χ0) is 21.6. The van der Waals surface area contributed by atoms with E-state index in [1.807, 2.05) is 24.3 Å². The molecule has 6 nitrogen and oxygen atoms in total. The summed E-state index contributed by atoms with van der Waals surface area (Å²) in [6.07, 6.45) is 0. The Morgan fingerprint density at radius 3 is 1.10 bits per heavy atom. The number of phenols is 2. The highest BCUT2D eigenvalue weighted by atomic mass is 16.4. The van der Waals surface area contributed by atoms with Gasteiger partial charge in [0.2, 0.25) is 0 Å². The zero-order valence-corrected chi connectivity index (χ0v) is 16.0. The second-order valence-electron chi connectivity index (χ2n) is 6.91. The van der Waals surface area contributed by atoms with Gasteiger partial charge in [0.25, 0.3) is 0 Å². The Morgan fingerprint density at radius 2 is 0.862 bits per heavy atom. The molecule has 0 amide bonds. The van der Waals surface area contributed by atoms with Gasteiger partial charge in [-0.2, -0.15) is 0 Å². The fourth-order valence-corrected chi connectivity index (χ4v) is 2.68. The van der Waals surface area contributed by atoms with Crippen LogP contribution in [-0.4, -0.2) is 32.4 Å². The highest BCUT2D eigenvalue weighted by molar-refractivity contribution is 5.91. The van der Waals surface area contributed by atoms with Crippen molar-refractivity contribution in [3.8, 4) is 11.5 Å². The summed E-state index contributed by atoms with van der Waals surface area (Å²) in [6, 6.07) is 19.5. The normalized spacial score (nSPS) is 10.6. The van der Waals surface area contributed by atoms with Crippen LogP contribution in [0, 0.1) is 0 Å². The van der Waals surface area contributed by atoms with Gasteiger partial charge in [0, 0.05) is 5.41 Å². The van der Waals surface area contributed by atoms with Gasteiger partial charge < -0.3 is 20.4 Å². The van der Waals surface area contributed by atoms with E-state index >= 15 is 0 Å². The maximum absolute atomic E-state index is 10.3. The standard InChI is InChI=1S/C15H16O2.C8H6O4/c1-15(2,11-3-7-13(16)8-4-11)12-5-9-14(17)10-6-12;9-7(10)5-1-2-6(4-3-5)8(11)12/h3-10,16-17H,1-2H3;1-4H,(H,9,10)(H,11,12). The summed E-state index contributed by atoms with van der Waals surface area (Å²) in [5, 5.41) is 35.5. The summed E-state index contributed by atoms with van der Waals surface area (Å²) in [4.78, 5) is 20.7. The van der Waals surface area contributed by atoms with Crippen molar-refractivity contribution in [2.75, 3.05) is 0 Å².